The van der Waals surface area contributed by atoms with Gasteiger partial charge >= 0.3 is 5.97 Å². The minimum absolute atomic E-state index is 0.0647. The molecule has 0 heterocycles. The van der Waals surface area contributed by atoms with Crippen molar-refractivity contribution in [2.24, 2.45) is 0 Å². The highest BCUT2D eigenvalue weighted by Crippen LogP contribution is 2.04. The maximum atomic E-state index is 12.0. The summed E-state index contributed by atoms with van der Waals surface area (Å²) in [7, 11) is 0. The van der Waals surface area contributed by atoms with Gasteiger partial charge in [0.05, 0.1) is 0 Å². The average molecular weight is 404 g/mol. The molecule has 0 saturated heterocycles. The van der Waals surface area contributed by atoms with E-state index in [0.717, 1.165) is 38.5 Å². The third-order valence-electron chi connectivity index (χ3n) is 4.39. The van der Waals surface area contributed by atoms with Gasteiger partial charge in [0.2, 0.25) is 5.91 Å². The number of carbonyl (C=O) groups excluding carboxylic acids is 1. The Kier molecular flexibility index (Phi) is 19.1. The minimum Gasteiger partial charge on any atom is -0.480 e. The van der Waals surface area contributed by atoms with Crippen LogP contribution in [0.15, 0.2) is 48.6 Å². The summed E-state index contributed by atoms with van der Waals surface area (Å²) in [5.74, 6) is -1.02. The van der Waals surface area contributed by atoms with Crippen molar-refractivity contribution in [3.63, 3.8) is 0 Å². The Bertz CT molecular complexity index is 532. The van der Waals surface area contributed by atoms with E-state index in [9.17, 15) is 9.59 Å². The van der Waals surface area contributed by atoms with Gasteiger partial charge in [0.1, 0.15) is 6.54 Å². The molecule has 1 amide bonds. The number of aliphatic carboxylic acids is 1. The molecule has 0 saturated carbocycles. The molecule has 0 spiro atoms. The summed E-state index contributed by atoms with van der Waals surface area (Å²) in [5, 5.41) is 8.86. The molecule has 164 valence electrons. The summed E-state index contributed by atoms with van der Waals surface area (Å²) in [5.41, 5.74) is 0. The molecule has 0 atom stereocenters. The SMILES string of the molecule is CCCCC/C=C\C/C=C\C/C=C\C/C=C\CCCC(=O)N(CCC)CC(=O)O. The van der Waals surface area contributed by atoms with E-state index >= 15 is 0 Å². The quantitative estimate of drug-likeness (QED) is 0.211. The van der Waals surface area contributed by atoms with Gasteiger partial charge in [-0.1, -0.05) is 75.3 Å². The highest BCUT2D eigenvalue weighted by Gasteiger charge is 2.14. The van der Waals surface area contributed by atoms with Gasteiger partial charge in [-0.2, -0.15) is 0 Å². The molecule has 0 aromatic carbocycles. The molecule has 29 heavy (non-hydrogen) atoms. The lowest BCUT2D eigenvalue weighted by molar-refractivity contribution is -0.144. The molecule has 0 aromatic rings. The number of amides is 1. The van der Waals surface area contributed by atoms with Crippen LogP contribution >= 0.6 is 0 Å². The molecule has 0 fully saturated rings. The van der Waals surface area contributed by atoms with E-state index in [1.807, 2.05) is 6.92 Å². The van der Waals surface area contributed by atoms with Crippen LogP contribution in [0.25, 0.3) is 0 Å². The van der Waals surface area contributed by atoms with Crippen LogP contribution in [0.3, 0.4) is 0 Å². The Balaban J connectivity index is 3.73. The van der Waals surface area contributed by atoms with E-state index in [1.54, 1.807) is 0 Å². The highest BCUT2D eigenvalue weighted by molar-refractivity contribution is 5.81. The maximum Gasteiger partial charge on any atom is 0.323 e. The van der Waals surface area contributed by atoms with Gasteiger partial charge in [-0.05, 0) is 51.4 Å². The Morgan fingerprint density at radius 1 is 0.724 bits per heavy atom. The molecule has 0 aromatic heterocycles. The van der Waals surface area contributed by atoms with Gasteiger partial charge in [0.15, 0.2) is 0 Å². The van der Waals surface area contributed by atoms with Crippen molar-refractivity contribution >= 4 is 11.9 Å². The normalized spacial score (nSPS) is 12.1. The monoisotopic (exact) mass is 403 g/mol. The van der Waals surface area contributed by atoms with Gasteiger partial charge in [-0.3, -0.25) is 9.59 Å². The van der Waals surface area contributed by atoms with Crippen LogP contribution in [-0.4, -0.2) is 35.0 Å². The third kappa shape index (κ3) is 19.0. The second kappa shape index (κ2) is 20.6. The fourth-order valence-electron chi connectivity index (χ4n) is 2.82. The summed E-state index contributed by atoms with van der Waals surface area (Å²) in [6, 6.07) is 0. The molecule has 4 heteroatoms. The smallest absolute Gasteiger partial charge is 0.323 e. The van der Waals surface area contributed by atoms with Crippen molar-refractivity contribution in [2.45, 2.75) is 84.5 Å². The van der Waals surface area contributed by atoms with E-state index < -0.39 is 5.97 Å². The Labute approximate surface area is 178 Å². The molecule has 0 radical (unpaired) electrons. The molecule has 1 N–H and O–H groups in total. The molecule has 0 bridgehead atoms. The molecule has 0 unspecified atom stereocenters. The van der Waals surface area contributed by atoms with Crippen molar-refractivity contribution in [1.82, 2.24) is 4.90 Å². The molecule has 0 rings (SSSR count). The number of carboxylic acid groups (broad SMARTS) is 1. The zero-order valence-electron chi connectivity index (χ0n) is 18.5. The van der Waals surface area contributed by atoms with Crippen LogP contribution in [0, 0.1) is 0 Å². The Hall–Kier alpha value is -2.10. The van der Waals surface area contributed by atoms with Crippen molar-refractivity contribution in [3.8, 4) is 0 Å². The van der Waals surface area contributed by atoms with Crippen LogP contribution in [0.5, 0.6) is 0 Å². The summed E-state index contributed by atoms with van der Waals surface area (Å²) >= 11 is 0. The number of rotatable bonds is 18. The molecule has 0 aliphatic rings. The van der Waals surface area contributed by atoms with E-state index in [4.69, 9.17) is 5.11 Å². The number of hydrogen-bond acceptors (Lipinski definition) is 2. The molecular weight excluding hydrogens is 362 g/mol. The van der Waals surface area contributed by atoms with Gasteiger partial charge in [-0.25, -0.2) is 0 Å². The highest BCUT2D eigenvalue weighted by atomic mass is 16.4. The van der Waals surface area contributed by atoms with E-state index in [2.05, 4.69) is 55.5 Å². The number of carboxylic acids is 1. The zero-order valence-corrected chi connectivity index (χ0v) is 18.5. The summed E-state index contributed by atoms with van der Waals surface area (Å²) in [6.07, 6.45) is 28.2. The lowest BCUT2D eigenvalue weighted by Gasteiger charge is -2.19. The first-order valence-electron chi connectivity index (χ1n) is 11.2. The predicted octanol–water partition coefficient (Wildman–Crippen LogP) is 6.46. The molecule has 0 aliphatic heterocycles. The third-order valence-corrected chi connectivity index (χ3v) is 4.39. The fraction of sp³-hybridized carbons (Fsp3) is 0.600. The maximum absolute atomic E-state index is 12.0. The van der Waals surface area contributed by atoms with Crippen LogP contribution < -0.4 is 0 Å². The topological polar surface area (TPSA) is 57.6 Å². The fourth-order valence-corrected chi connectivity index (χ4v) is 2.82. The van der Waals surface area contributed by atoms with Crippen LogP contribution in [0.1, 0.15) is 84.5 Å². The van der Waals surface area contributed by atoms with Crippen LogP contribution in [0.2, 0.25) is 0 Å². The lowest BCUT2D eigenvalue weighted by Crippen LogP contribution is -2.36. The zero-order chi connectivity index (χ0) is 21.6. The first-order chi connectivity index (χ1) is 14.1. The van der Waals surface area contributed by atoms with E-state index in [1.165, 1.54) is 30.6 Å². The van der Waals surface area contributed by atoms with Crippen LogP contribution in [-0.2, 0) is 9.59 Å². The van der Waals surface area contributed by atoms with E-state index in [0.29, 0.717) is 13.0 Å². The Morgan fingerprint density at radius 2 is 1.24 bits per heavy atom. The van der Waals surface area contributed by atoms with Crippen LogP contribution in [0.4, 0.5) is 0 Å². The minimum atomic E-state index is -0.952. The summed E-state index contributed by atoms with van der Waals surface area (Å²) in [6.45, 7) is 4.49. The number of unbranched alkanes of at least 4 members (excludes halogenated alkanes) is 4. The van der Waals surface area contributed by atoms with Crippen molar-refractivity contribution in [3.05, 3.63) is 48.6 Å². The first-order valence-corrected chi connectivity index (χ1v) is 11.2. The lowest BCUT2D eigenvalue weighted by atomic mass is 10.2. The number of carbonyl (C=O) groups is 2. The van der Waals surface area contributed by atoms with Crippen molar-refractivity contribution < 1.29 is 14.7 Å². The second-order valence-electron chi connectivity index (χ2n) is 7.19. The predicted molar refractivity (Wildman–Crippen MR) is 123 cm³/mol. The number of allylic oxidation sites excluding steroid dienone is 8. The second-order valence-corrected chi connectivity index (χ2v) is 7.19. The standard InChI is InChI=1S/C25H41NO3/c1-3-5-6-7-8-9-10-11-12-13-14-15-16-17-18-19-20-21-24(27)26(22-4-2)23-25(28)29/h8-9,11-12,14-15,17-18H,3-7,10,13,16,19-23H2,1-2H3,(H,28,29)/b9-8-,12-11-,15-14-,18-17-. The summed E-state index contributed by atoms with van der Waals surface area (Å²) in [4.78, 5) is 24.3. The van der Waals surface area contributed by atoms with Gasteiger partial charge in [0.25, 0.3) is 0 Å². The molecule has 4 nitrogen and oxygen atoms in total. The number of nitrogens with zero attached hydrogens (tertiary/aromatic N) is 1. The van der Waals surface area contributed by atoms with E-state index in [-0.39, 0.29) is 12.5 Å². The Morgan fingerprint density at radius 3 is 1.72 bits per heavy atom. The largest absolute Gasteiger partial charge is 0.480 e. The first kappa shape index (κ1) is 26.9. The number of hydrogen-bond donors (Lipinski definition) is 1. The molecular formula is C25H41NO3. The molecule has 0 aliphatic carbocycles. The summed E-state index contributed by atoms with van der Waals surface area (Å²) < 4.78 is 0. The van der Waals surface area contributed by atoms with Gasteiger partial charge in [0, 0.05) is 13.0 Å². The van der Waals surface area contributed by atoms with Gasteiger partial charge in [-0.15, -0.1) is 0 Å². The average Bonchev–Trinajstić information content (AvgIpc) is 2.69. The van der Waals surface area contributed by atoms with Gasteiger partial charge < -0.3 is 10.0 Å². The van der Waals surface area contributed by atoms with Crippen molar-refractivity contribution in [1.29, 1.82) is 0 Å². The van der Waals surface area contributed by atoms with Crippen molar-refractivity contribution in [2.75, 3.05) is 13.1 Å².